The average molecular weight is 480 g/mol. The summed E-state index contributed by atoms with van der Waals surface area (Å²) in [5.41, 5.74) is 0.365. The number of aliphatic imine (C=N–C) groups is 1. The number of ether oxygens (including phenoxy) is 1. The number of hydrogen-bond acceptors (Lipinski definition) is 3. The van der Waals surface area contributed by atoms with Crippen molar-refractivity contribution in [3.8, 4) is 0 Å². The van der Waals surface area contributed by atoms with E-state index in [1.165, 1.54) is 25.7 Å². The average Bonchev–Trinajstić information content (AvgIpc) is 3.11. The van der Waals surface area contributed by atoms with Crippen LogP contribution in [-0.4, -0.2) is 64.2 Å². The Labute approximate surface area is 175 Å². The zero-order chi connectivity index (χ0) is 18.1. The number of carbonyl (C=O) groups excluding carboxylic acids is 1. The number of amides is 1. The van der Waals surface area contributed by atoms with Gasteiger partial charge in [-0.3, -0.25) is 9.79 Å². The SMILES string of the molecule is CN=C(NCC1(CCOC)CCCC1)N1CCC(CC(=O)NC)CC1.I. The summed E-state index contributed by atoms with van der Waals surface area (Å²) in [6.07, 6.45) is 9.12. The number of piperidine rings is 1. The molecule has 1 saturated carbocycles. The molecule has 1 saturated heterocycles. The van der Waals surface area contributed by atoms with Crippen LogP contribution in [-0.2, 0) is 9.53 Å². The van der Waals surface area contributed by atoms with Crippen LogP contribution >= 0.6 is 24.0 Å². The summed E-state index contributed by atoms with van der Waals surface area (Å²) in [5.74, 6) is 1.67. The summed E-state index contributed by atoms with van der Waals surface area (Å²) in [6, 6.07) is 0. The van der Waals surface area contributed by atoms with Gasteiger partial charge < -0.3 is 20.3 Å². The molecule has 1 aliphatic carbocycles. The molecule has 0 aromatic rings. The van der Waals surface area contributed by atoms with Crippen molar-refractivity contribution in [2.24, 2.45) is 16.3 Å². The minimum atomic E-state index is 0. The lowest BCUT2D eigenvalue weighted by Gasteiger charge is -2.36. The number of nitrogens with zero attached hydrogens (tertiary/aromatic N) is 2. The molecule has 0 atom stereocenters. The zero-order valence-corrected chi connectivity index (χ0v) is 19.0. The van der Waals surface area contributed by atoms with E-state index in [9.17, 15) is 4.79 Å². The molecule has 2 fully saturated rings. The lowest BCUT2D eigenvalue weighted by molar-refractivity contribution is -0.121. The fraction of sp³-hybridized carbons (Fsp3) is 0.895. The molecular formula is C19H37IN4O2. The Morgan fingerprint density at radius 2 is 1.92 bits per heavy atom. The molecule has 6 nitrogen and oxygen atoms in total. The standard InChI is InChI=1S/C19H36N4O2.HI/c1-20-17(24)14-16-6-11-23(12-7-16)18(21-2)22-15-19(10-13-25-3)8-4-5-9-19;/h16H,4-15H2,1-3H3,(H,20,24)(H,21,22);1H. The number of halogens is 1. The summed E-state index contributed by atoms with van der Waals surface area (Å²) in [4.78, 5) is 18.4. The summed E-state index contributed by atoms with van der Waals surface area (Å²) in [6.45, 7) is 3.78. The van der Waals surface area contributed by atoms with Crippen LogP contribution in [0.1, 0.15) is 51.4 Å². The van der Waals surface area contributed by atoms with E-state index in [1.807, 2.05) is 7.05 Å². The van der Waals surface area contributed by atoms with Crippen LogP contribution in [0.15, 0.2) is 4.99 Å². The largest absolute Gasteiger partial charge is 0.385 e. The van der Waals surface area contributed by atoms with Gasteiger partial charge in [0, 0.05) is 53.9 Å². The van der Waals surface area contributed by atoms with Crippen LogP contribution in [0.4, 0.5) is 0 Å². The van der Waals surface area contributed by atoms with E-state index in [1.54, 1.807) is 14.2 Å². The number of nitrogens with one attached hydrogen (secondary N) is 2. The van der Waals surface area contributed by atoms with Gasteiger partial charge in [0.2, 0.25) is 5.91 Å². The fourth-order valence-corrected chi connectivity index (χ4v) is 4.27. The molecule has 2 N–H and O–H groups in total. The monoisotopic (exact) mass is 480 g/mol. The molecule has 1 amide bonds. The van der Waals surface area contributed by atoms with E-state index in [-0.39, 0.29) is 29.9 Å². The van der Waals surface area contributed by atoms with E-state index in [0.717, 1.165) is 51.5 Å². The van der Waals surface area contributed by atoms with Gasteiger partial charge in [-0.15, -0.1) is 24.0 Å². The lowest BCUT2D eigenvalue weighted by Crippen LogP contribution is -2.48. The van der Waals surface area contributed by atoms with Gasteiger partial charge >= 0.3 is 0 Å². The van der Waals surface area contributed by atoms with E-state index < -0.39 is 0 Å². The number of guanidine groups is 1. The van der Waals surface area contributed by atoms with Gasteiger partial charge in [-0.25, -0.2) is 0 Å². The fourth-order valence-electron chi connectivity index (χ4n) is 4.27. The van der Waals surface area contributed by atoms with Gasteiger partial charge in [-0.1, -0.05) is 12.8 Å². The Morgan fingerprint density at radius 1 is 1.27 bits per heavy atom. The smallest absolute Gasteiger partial charge is 0.220 e. The maximum atomic E-state index is 11.6. The highest BCUT2D eigenvalue weighted by Crippen LogP contribution is 2.40. The van der Waals surface area contributed by atoms with Crippen LogP contribution in [0.2, 0.25) is 0 Å². The molecule has 1 aliphatic heterocycles. The Morgan fingerprint density at radius 3 is 2.46 bits per heavy atom. The van der Waals surface area contributed by atoms with Gasteiger partial charge in [0.15, 0.2) is 5.96 Å². The molecule has 1 heterocycles. The highest BCUT2D eigenvalue weighted by Gasteiger charge is 2.34. The van der Waals surface area contributed by atoms with Crippen molar-refractivity contribution < 1.29 is 9.53 Å². The molecule has 2 aliphatic rings. The minimum Gasteiger partial charge on any atom is -0.385 e. The molecule has 2 rings (SSSR count). The Hall–Kier alpha value is -0.570. The first kappa shape index (κ1) is 23.5. The summed E-state index contributed by atoms with van der Waals surface area (Å²) >= 11 is 0. The lowest BCUT2D eigenvalue weighted by atomic mass is 9.83. The first-order valence-electron chi connectivity index (χ1n) is 9.77. The third-order valence-corrected chi connectivity index (χ3v) is 6.00. The number of hydrogen-bond donors (Lipinski definition) is 2. The molecule has 0 radical (unpaired) electrons. The second kappa shape index (κ2) is 12.0. The van der Waals surface area contributed by atoms with Crippen molar-refractivity contribution in [3.05, 3.63) is 0 Å². The first-order valence-corrected chi connectivity index (χ1v) is 9.77. The molecule has 0 spiro atoms. The second-order valence-corrected chi connectivity index (χ2v) is 7.66. The van der Waals surface area contributed by atoms with E-state index in [4.69, 9.17) is 4.74 Å². The minimum absolute atomic E-state index is 0. The van der Waals surface area contributed by atoms with Crippen molar-refractivity contribution >= 4 is 35.8 Å². The van der Waals surface area contributed by atoms with Crippen LogP contribution in [0.5, 0.6) is 0 Å². The summed E-state index contributed by atoms with van der Waals surface area (Å²) in [5, 5.41) is 6.37. The maximum absolute atomic E-state index is 11.6. The topological polar surface area (TPSA) is 66.0 Å². The third kappa shape index (κ3) is 6.87. The third-order valence-electron chi connectivity index (χ3n) is 6.00. The van der Waals surface area contributed by atoms with E-state index in [0.29, 0.717) is 17.8 Å². The normalized spacial score (nSPS) is 20.6. The van der Waals surface area contributed by atoms with Gasteiger partial charge in [0.05, 0.1) is 0 Å². The molecule has 26 heavy (non-hydrogen) atoms. The Balaban J connectivity index is 0.00000338. The molecule has 0 aromatic carbocycles. The zero-order valence-electron chi connectivity index (χ0n) is 16.7. The number of carbonyl (C=O) groups is 1. The summed E-state index contributed by atoms with van der Waals surface area (Å²) < 4.78 is 5.33. The number of rotatable bonds is 7. The highest BCUT2D eigenvalue weighted by atomic mass is 127. The predicted octanol–water partition coefficient (Wildman–Crippen LogP) is 2.62. The van der Waals surface area contributed by atoms with Crippen molar-refractivity contribution in [1.82, 2.24) is 15.5 Å². The van der Waals surface area contributed by atoms with E-state index >= 15 is 0 Å². The van der Waals surface area contributed by atoms with Crippen LogP contribution in [0.25, 0.3) is 0 Å². The molecule has 0 unspecified atom stereocenters. The maximum Gasteiger partial charge on any atom is 0.220 e. The molecule has 0 aromatic heterocycles. The van der Waals surface area contributed by atoms with E-state index in [2.05, 4.69) is 20.5 Å². The van der Waals surface area contributed by atoms with Gasteiger partial charge in [-0.2, -0.15) is 0 Å². The predicted molar refractivity (Wildman–Crippen MR) is 117 cm³/mol. The van der Waals surface area contributed by atoms with Crippen molar-refractivity contribution in [3.63, 3.8) is 0 Å². The Kier molecular flexibility index (Phi) is 10.8. The Bertz CT molecular complexity index is 445. The number of methoxy groups -OCH3 is 1. The first-order chi connectivity index (χ1) is 12.1. The van der Waals surface area contributed by atoms with Gasteiger partial charge in [0.1, 0.15) is 0 Å². The highest BCUT2D eigenvalue weighted by molar-refractivity contribution is 14.0. The van der Waals surface area contributed by atoms with Crippen LogP contribution in [0, 0.1) is 11.3 Å². The van der Waals surface area contributed by atoms with Gasteiger partial charge in [0.25, 0.3) is 0 Å². The quantitative estimate of drug-likeness (QED) is 0.334. The molecule has 152 valence electrons. The van der Waals surface area contributed by atoms with Crippen molar-refractivity contribution in [2.45, 2.75) is 51.4 Å². The number of likely N-dealkylation sites (tertiary alicyclic amines) is 1. The molecule has 7 heteroatoms. The summed E-state index contributed by atoms with van der Waals surface area (Å²) in [7, 11) is 5.37. The second-order valence-electron chi connectivity index (χ2n) is 7.66. The van der Waals surface area contributed by atoms with Crippen LogP contribution in [0.3, 0.4) is 0 Å². The van der Waals surface area contributed by atoms with Crippen LogP contribution < -0.4 is 10.6 Å². The van der Waals surface area contributed by atoms with Crippen molar-refractivity contribution in [1.29, 1.82) is 0 Å². The van der Waals surface area contributed by atoms with Gasteiger partial charge in [-0.05, 0) is 43.4 Å². The van der Waals surface area contributed by atoms with Crippen molar-refractivity contribution in [2.75, 3.05) is 47.4 Å². The molecular weight excluding hydrogens is 443 g/mol. The molecule has 0 bridgehead atoms.